The van der Waals surface area contributed by atoms with Gasteiger partial charge in [0, 0.05) is 32.5 Å². The third-order valence-corrected chi connectivity index (χ3v) is 8.00. The van der Waals surface area contributed by atoms with Gasteiger partial charge in [-0.3, -0.25) is 0 Å². The number of aliphatic hydroxyl groups is 1. The van der Waals surface area contributed by atoms with E-state index in [1.165, 1.54) is 24.3 Å². The quantitative estimate of drug-likeness (QED) is 0.308. The number of hydrogen-bond donors (Lipinski definition) is 2. The minimum absolute atomic E-state index is 0.0394. The predicted octanol–water partition coefficient (Wildman–Crippen LogP) is 5.11. The first-order chi connectivity index (χ1) is 17.9. The van der Waals surface area contributed by atoms with Crippen molar-refractivity contribution in [2.75, 3.05) is 13.1 Å². The smallest absolute Gasteiger partial charge is 0.407 e. The van der Waals surface area contributed by atoms with Crippen molar-refractivity contribution < 1.29 is 32.2 Å². The minimum Gasteiger partial charge on any atom is -0.465 e. The van der Waals surface area contributed by atoms with Gasteiger partial charge in [0.1, 0.15) is 17.4 Å². The molecule has 0 fully saturated rings. The van der Waals surface area contributed by atoms with Crippen LogP contribution in [0.3, 0.4) is 0 Å². The number of halogens is 2. The Morgan fingerprint density at radius 1 is 0.895 bits per heavy atom. The Balaban J connectivity index is 2.02. The molecule has 7 nitrogen and oxygen atoms in total. The molecule has 3 aromatic carbocycles. The number of hydrogen-bond acceptors (Lipinski definition) is 4. The normalized spacial score (nSPS) is 13.4. The molecule has 2 N–H and O–H groups in total. The molecule has 10 heteroatoms. The molecule has 0 aromatic heterocycles. The molecule has 0 spiro atoms. The van der Waals surface area contributed by atoms with Crippen molar-refractivity contribution >= 4 is 16.1 Å². The summed E-state index contributed by atoms with van der Waals surface area (Å²) in [5, 5.41) is 21.9. The number of nitrogens with zero attached hydrogens (tertiary/aromatic N) is 2. The van der Waals surface area contributed by atoms with Crippen LogP contribution < -0.4 is 0 Å². The van der Waals surface area contributed by atoms with Crippen molar-refractivity contribution in [3.8, 4) is 0 Å². The summed E-state index contributed by atoms with van der Waals surface area (Å²) in [7, 11) is -4.35. The lowest BCUT2D eigenvalue weighted by atomic mass is 9.98. The van der Waals surface area contributed by atoms with E-state index in [0.29, 0.717) is 5.56 Å². The van der Waals surface area contributed by atoms with Crippen LogP contribution >= 0.6 is 0 Å². The number of sulfonamides is 1. The molecule has 1 amide bonds. The summed E-state index contributed by atoms with van der Waals surface area (Å²) in [5.41, 5.74) is -0.892. The Kier molecular flexibility index (Phi) is 9.59. The van der Waals surface area contributed by atoms with Gasteiger partial charge in [-0.1, -0.05) is 56.3 Å². The van der Waals surface area contributed by atoms with Crippen LogP contribution in [0.1, 0.15) is 31.4 Å². The zero-order valence-electron chi connectivity index (χ0n) is 21.3. The first-order valence-electron chi connectivity index (χ1n) is 12.2. The van der Waals surface area contributed by atoms with Crippen LogP contribution in [-0.2, 0) is 23.0 Å². The van der Waals surface area contributed by atoms with Crippen LogP contribution in [-0.4, -0.2) is 52.7 Å². The highest BCUT2D eigenvalue weighted by Crippen LogP contribution is 2.31. The van der Waals surface area contributed by atoms with Gasteiger partial charge < -0.3 is 15.1 Å². The van der Waals surface area contributed by atoms with Gasteiger partial charge >= 0.3 is 6.09 Å². The standard InChI is InChI=1S/C28H32F2N2O5S/c1-21(2)19-32(38(36,37)26-14-12-25(30)13-15-26)28(35,18-22-8-10-24(29)11-9-22)16-17-31(27(33)34)20-23-6-4-3-5-7-23/h3-15,21,35H,16-20H2,1-2H3,(H,33,34). The van der Waals surface area contributed by atoms with Crippen LogP contribution in [0.4, 0.5) is 13.6 Å². The van der Waals surface area contributed by atoms with E-state index in [9.17, 15) is 32.2 Å². The highest BCUT2D eigenvalue weighted by Gasteiger charge is 2.43. The highest BCUT2D eigenvalue weighted by atomic mass is 32.2. The zero-order chi connectivity index (χ0) is 27.9. The van der Waals surface area contributed by atoms with Crippen molar-refractivity contribution in [1.29, 1.82) is 0 Å². The number of rotatable bonds is 12. The minimum atomic E-state index is -4.35. The summed E-state index contributed by atoms with van der Waals surface area (Å²) in [6.45, 7) is 3.32. The van der Waals surface area contributed by atoms with Crippen molar-refractivity contribution in [3.05, 3.63) is 102 Å². The molecule has 0 saturated heterocycles. The van der Waals surface area contributed by atoms with Gasteiger partial charge in [-0.2, -0.15) is 4.31 Å². The molecule has 0 aliphatic carbocycles. The summed E-state index contributed by atoms with van der Waals surface area (Å²) in [4.78, 5) is 12.9. The van der Waals surface area contributed by atoms with E-state index in [0.717, 1.165) is 39.0 Å². The monoisotopic (exact) mass is 546 g/mol. The Bertz CT molecular complexity index is 1300. The second kappa shape index (κ2) is 12.5. The van der Waals surface area contributed by atoms with Crippen LogP contribution in [0, 0.1) is 17.6 Å². The first kappa shape index (κ1) is 29.2. The van der Waals surface area contributed by atoms with E-state index >= 15 is 0 Å². The molecule has 0 aliphatic rings. The third-order valence-electron chi connectivity index (χ3n) is 6.07. The Morgan fingerprint density at radius 3 is 1.97 bits per heavy atom. The Morgan fingerprint density at radius 2 is 1.45 bits per heavy atom. The van der Waals surface area contributed by atoms with Crippen molar-refractivity contribution in [3.63, 3.8) is 0 Å². The van der Waals surface area contributed by atoms with Crippen LogP contribution in [0.5, 0.6) is 0 Å². The number of benzene rings is 3. The van der Waals surface area contributed by atoms with Gasteiger partial charge in [0.05, 0.1) is 4.90 Å². The fraction of sp³-hybridized carbons (Fsp3) is 0.321. The van der Waals surface area contributed by atoms with E-state index in [4.69, 9.17) is 0 Å². The largest absolute Gasteiger partial charge is 0.465 e. The van der Waals surface area contributed by atoms with Crippen molar-refractivity contribution in [2.24, 2.45) is 5.92 Å². The van der Waals surface area contributed by atoms with E-state index in [1.54, 1.807) is 44.2 Å². The van der Waals surface area contributed by atoms with Gasteiger partial charge in [0.25, 0.3) is 0 Å². The second-order valence-electron chi connectivity index (χ2n) is 9.61. The Hall–Kier alpha value is -3.34. The van der Waals surface area contributed by atoms with Gasteiger partial charge in [0.2, 0.25) is 10.0 Å². The lowest BCUT2D eigenvalue weighted by Crippen LogP contribution is -2.56. The van der Waals surface area contributed by atoms with E-state index in [-0.39, 0.29) is 43.3 Å². The average molecular weight is 547 g/mol. The predicted molar refractivity (Wildman–Crippen MR) is 140 cm³/mol. The first-order valence-corrected chi connectivity index (χ1v) is 13.6. The molecular weight excluding hydrogens is 514 g/mol. The molecule has 0 bridgehead atoms. The summed E-state index contributed by atoms with van der Waals surface area (Å²) >= 11 is 0. The van der Waals surface area contributed by atoms with Crippen LogP contribution in [0.15, 0.2) is 83.8 Å². The SMILES string of the molecule is CC(C)CN(C(O)(CCN(Cc1ccccc1)C(=O)O)Cc1ccc(F)cc1)S(=O)(=O)c1ccc(F)cc1. The lowest BCUT2D eigenvalue weighted by Gasteiger charge is -2.41. The fourth-order valence-electron chi connectivity index (χ4n) is 4.15. The summed E-state index contributed by atoms with van der Waals surface area (Å²) in [5.74, 6) is -1.32. The van der Waals surface area contributed by atoms with E-state index < -0.39 is 33.5 Å². The molecule has 38 heavy (non-hydrogen) atoms. The molecular formula is C28H32F2N2O5S. The van der Waals surface area contributed by atoms with Gasteiger partial charge in [0.15, 0.2) is 0 Å². The van der Waals surface area contributed by atoms with Crippen LogP contribution in [0.25, 0.3) is 0 Å². The molecule has 0 radical (unpaired) electrons. The van der Waals surface area contributed by atoms with Gasteiger partial charge in [-0.25, -0.2) is 22.0 Å². The molecule has 204 valence electrons. The molecule has 1 atom stereocenters. The molecule has 3 rings (SSSR count). The number of carbonyl (C=O) groups is 1. The second-order valence-corrected chi connectivity index (χ2v) is 11.5. The van der Waals surface area contributed by atoms with Gasteiger partial charge in [-0.05, 0) is 53.4 Å². The maximum absolute atomic E-state index is 13.8. The van der Waals surface area contributed by atoms with E-state index in [1.807, 2.05) is 0 Å². The average Bonchev–Trinajstić information content (AvgIpc) is 2.87. The maximum atomic E-state index is 13.8. The fourth-order valence-corrected chi connectivity index (χ4v) is 5.98. The molecule has 3 aromatic rings. The number of carboxylic acid groups (broad SMARTS) is 1. The summed E-state index contributed by atoms with van der Waals surface area (Å²) < 4.78 is 55.7. The van der Waals surface area contributed by atoms with E-state index in [2.05, 4.69) is 0 Å². The molecule has 0 heterocycles. The summed E-state index contributed by atoms with van der Waals surface area (Å²) in [6.07, 6.45) is -1.72. The lowest BCUT2D eigenvalue weighted by molar-refractivity contribution is -0.0752. The molecule has 0 aliphatic heterocycles. The molecule has 0 saturated carbocycles. The number of amides is 1. The Labute approximate surface area is 222 Å². The van der Waals surface area contributed by atoms with Crippen molar-refractivity contribution in [1.82, 2.24) is 9.21 Å². The van der Waals surface area contributed by atoms with Crippen LogP contribution in [0.2, 0.25) is 0 Å². The summed E-state index contributed by atoms with van der Waals surface area (Å²) in [6, 6.07) is 18.5. The highest BCUT2D eigenvalue weighted by molar-refractivity contribution is 7.89. The van der Waals surface area contributed by atoms with Crippen molar-refractivity contribution in [2.45, 2.75) is 43.9 Å². The molecule has 1 unspecified atom stereocenters. The van der Waals surface area contributed by atoms with Gasteiger partial charge in [-0.15, -0.1) is 0 Å². The topological polar surface area (TPSA) is 98.2 Å². The third kappa shape index (κ3) is 7.59. The zero-order valence-corrected chi connectivity index (χ0v) is 22.1. The maximum Gasteiger partial charge on any atom is 0.407 e.